The van der Waals surface area contributed by atoms with Crippen molar-refractivity contribution in [2.75, 3.05) is 39.4 Å². The topological polar surface area (TPSA) is 32.8 Å². The molecule has 0 atom stereocenters. The van der Waals surface area contributed by atoms with Gasteiger partial charge in [-0.1, -0.05) is 47.7 Å². The van der Waals surface area contributed by atoms with Crippen LogP contribution >= 0.6 is 35.6 Å². The minimum Gasteiger partial charge on any atom is -0.379 e. The van der Waals surface area contributed by atoms with Crippen LogP contribution in [0, 0.1) is 0 Å². The van der Waals surface area contributed by atoms with Gasteiger partial charge in [0.2, 0.25) is 0 Å². The fraction of sp³-hybridized carbons (Fsp3) is 0.375. The lowest BCUT2D eigenvalue weighted by molar-refractivity contribution is -0.122. The average Bonchev–Trinajstić information content (AvgIpc) is 2.82. The summed E-state index contributed by atoms with van der Waals surface area (Å²) in [7, 11) is 0. The van der Waals surface area contributed by atoms with Crippen LogP contribution in [-0.2, 0) is 9.53 Å². The highest BCUT2D eigenvalue weighted by Gasteiger charge is 2.32. The highest BCUT2D eigenvalue weighted by atomic mass is 35.5. The maximum absolute atomic E-state index is 12.5. The van der Waals surface area contributed by atoms with Gasteiger partial charge in [-0.2, -0.15) is 0 Å². The van der Waals surface area contributed by atoms with E-state index in [0.29, 0.717) is 20.8 Å². The van der Waals surface area contributed by atoms with E-state index >= 15 is 0 Å². The molecule has 2 fully saturated rings. The van der Waals surface area contributed by atoms with E-state index in [1.165, 1.54) is 11.8 Å². The molecule has 0 aliphatic carbocycles. The molecule has 0 saturated carbocycles. The van der Waals surface area contributed by atoms with Gasteiger partial charge in [-0.15, -0.1) is 0 Å². The third kappa shape index (κ3) is 4.33. The SMILES string of the molecule is O=C1/C(=C\c2ccc(Cl)cc2)SC(=S)N1CCN1CCOCC1. The Labute approximate surface area is 150 Å². The highest BCUT2D eigenvalue weighted by Crippen LogP contribution is 2.32. The molecular weight excluding hydrogens is 352 g/mol. The summed E-state index contributed by atoms with van der Waals surface area (Å²) in [5.74, 6) is -0.0109. The first-order valence-electron chi connectivity index (χ1n) is 7.44. The van der Waals surface area contributed by atoms with Gasteiger partial charge in [0, 0.05) is 31.2 Å². The van der Waals surface area contributed by atoms with Gasteiger partial charge in [-0.3, -0.25) is 14.6 Å². The van der Waals surface area contributed by atoms with E-state index in [0.717, 1.165) is 38.4 Å². The molecule has 2 aliphatic heterocycles. The molecule has 4 nitrogen and oxygen atoms in total. The Morgan fingerprint density at radius 1 is 1.22 bits per heavy atom. The Hall–Kier alpha value is -0.920. The zero-order chi connectivity index (χ0) is 16.2. The van der Waals surface area contributed by atoms with E-state index < -0.39 is 0 Å². The minimum absolute atomic E-state index is 0.0109. The Kier molecular flexibility index (Phi) is 5.71. The highest BCUT2D eigenvalue weighted by molar-refractivity contribution is 8.26. The van der Waals surface area contributed by atoms with Gasteiger partial charge in [-0.05, 0) is 23.8 Å². The van der Waals surface area contributed by atoms with Crippen LogP contribution in [0.15, 0.2) is 29.2 Å². The number of halogens is 1. The van der Waals surface area contributed by atoms with Crippen LogP contribution < -0.4 is 0 Å². The third-order valence-electron chi connectivity index (χ3n) is 3.78. The summed E-state index contributed by atoms with van der Waals surface area (Å²) in [6.07, 6.45) is 1.87. The van der Waals surface area contributed by atoms with Crippen molar-refractivity contribution in [2.24, 2.45) is 0 Å². The fourth-order valence-electron chi connectivity index (χ4n) is 2.47. The van der Waals surface area contributed by atoms with Gasteiger partial charge in [0.15, 0.2) is 0 Å². The zero-order valence-electron chi connectivity index (χ0n) is 12.5. The second kappa shape index (κ2) is 7.77. The number of thioether (sulfide) groups is 1. The van der Waals surface area contributed by atoms with E-state index in [1.54, 1.807) is 4.90 Å². The van der Waals surface area contributed by atoms with Crippen LogP contribution in [0.2, 0.25) is 5.02 Å². The number of amides is 1. The van der Waals surface area contributed by atoms with Crippen molar-refractivity contribution in [3.63, 3.8) is 0 Å². The van der Waals surface area contributed by atoms with Crippen molar-refractivity contribution >= 4 is 51.9 Å². The van der Waals surface area contributed by atoms with Crippen molar-refractivity contribution < 1.29 is 9.53 Å². The molecule has 7 heteroatoms. The zero-order valence-corrected chi connectivity index (χ0v) is 14.9. The first-order chi connectivity index (χ1) is 11.1. The van der Waals surface area contributed by atoms with Crippen molar-refractivity contribution in [1.82, 2.24) is 9.80 Å². The number of thiocarbonyl (C=S) groups is 1. The summed E-state index contributed by atoms with van der Waals surface area (Å²) in [6.45, 7) is 4.79. The second-order valence-electron chi connectivity index (χ2n) is 5.34. The predicted molar refractivity (Wildman–Crippen MR) is 98.6 cm³/mol. The van der Waals surface area contributed by atoms with Crippen molar-refractivity contribution in [3.8, 4) is 0 Å². The summed E-state index contributed by atoms with van der Waals surface area (Å²) in [5.41, 5.74) is 0.947. The van der Waals surface area contributed by atoms with Crippen LogP contribution in [-0.4, -0.2) is 59.4 Å². The Balaban J connectivity index is 1.63. The van der Waals surface area contributed by atoms with E-state index in [9.17, 15) is 4.79 Å². The molecule has 122 valence electrons. The van der Waals surface area contributed by atoms with Gasteiger partial charge < -0.3 is 4.74 Å². The molecule has 2 heterocycles. The molecule has 1 aromatic carbocycles. The molecule has 0 unspecified atom stereocenters. The van der Waals surface area contributed by atoms with Crippen LogP contribution in [0.1, 0.15) is 5.56 Å². The summed E-state index contributed by atoms with van der Waals surface area (Å²) in [4.78, 5) is 17.2. The van der Waals surface area contributed by atoms with E-state index in [1.807, 2.05) is 30.3 Å². The van der Waals surface area contributed by atoms with E-state index in [4.69, 9.17) is 28.6 Å². The number of hydrogen-bond acceptors (Lipinski definition) is 5. The molecule has 0 N–H and O–H groups in total. The molecular formula is C16H17ClN2O2S2. The summed E-state index contributed by atoms with van der Waals surface area (Å²) in [6, 6.07) is 7.41. The molecule has 1 amide bonds. The average molecular weight is 369 g/mol. The Bertz CT molecular complexity index is 627. The minimum atomic E-state index is -0.0109. The largest absolute Gasteiger partial charge is 0.379 e. The van der Waals surface area contributed by atoms with Crippen molar-refractivity contribution in [3.05, 3.63) is 39.8 Å². The van der Waals surface area contributed by atoms with Crippen molar-refractivity contribution in [1.29, 1.82) is 0 Å². The fourth-order valence-corrected chi connectivity index (χ4v) is 3.90. The predicted octanol–water partition coefficient (Wildman–Crippen LogP) is 2.87. The van der Waals surface area contributed by atoms with Gasteiger partial charge >= 0.3 is 0 Å². The van der Waals surface area contributed by atoms with Crippen LogP contribution in [0.25, 0.3) is 6.08 Å². The quantitative estimate of drug-likeness (QED) is 0.602. The van der Waals surface area contributed by atoms with Crippen LogP contribution in [0.5, 0.6) is 0 Å². The number of carbonyl (C=O) groups excluding carboxylic acids is 1. The molecule has 1 aromatic rings. The van der Waals surface area contributed by atoms with E-state index in [2.05, 4.69) is 4.90 Å². The van der Waals surface area contributed by atoms with Gasteiger partial charge in [0.05, 0.1) is 18.1 Å². The molecule has 0 radical (unpaired) electrons. The molecule has 0 spiro atoms. The standard InChI is InChI=1S/C16H17ClN2O2S2/c17-13-3-1-12(2-4-13)11-14-15(20)19(16(22)23-14)6-5-18-7-9-21-10-8-18/h1-4,11H,5-10H2/b14-11+. The third-order valence-corrected chi connectivity index (χ3v) is 5.41. The first-order valence-corrected chi connectivity index (χ1v) is 9.05. The number of morpholine rings is 1. The Morgan fingerprint density at radius 2 is 1.91 bits per heavy atom. The monoisotopic (exact) mass is 368 g/mol. The van der Waals surface area contributed by atoms with Gasteiger partial charge in [0.25, 0.3) is 5.91 Å². The molecule has 0 bridgehead atoms. The maximum Gasteiger partial charge on any atom is 0.266 e. The molecule has 2 saturated heterocycles. The number of rotatable bonds is 4. The lowest BCUT2D eigenvalue weighted by atomic mass is 10.2. The summed E-state index contributed by atoms with van der Waals surface area (Å²) in [5, 5.41) is 0.681. The van der Waals surface area contributed by atoms with Gasteiger partial charge in [-0.25, -0.2) is 0 Å². The number of hydrogen-bond donors (Lipinski definition) is 0. The molecule has 23 heavy (non-hydrogen) atoms. The number of ether oxygens (including phenoxy) is 1. The lowest BCUT2D eigenvalue weighted by Crippen LogP contribution is -2.42. The number of nitrogens with zero attached hydrogens (tertiary/aromatic N) is 2. The lowest BCUT2D eigenvalue weighted by Gasteiger charge is -2.28. The smallest absolute Gasteiger partial charge is 0.266 e. The van der Waals surface area contributed by atoms with Gasteiger partial charge in [0.1, 0.15) is 4.32 Å². The molecule has 3 rings (SSSR count). The van der Waals surface area contributed by atoms with Crippen LogP contribution in [0.4, 0.5) is 0 Å². The number of benzene rings is 1. The maximum atomic E-state index is 12.5. The number of carbonyl (C=O) groups is 1. The van der Waals surface area contributed by atoms with E-state index in [-0.39, 0.29) is 5.91 Å². The normalized spacial score (nSPS) is 21.4. The first kappa shape index (κ1) is 16.9. The van der Waals surface area contributed by atoms with Crippen molar-refractivity contribution in [2.45, 2.75) is 0 Å². The summed E-state index contributed by atoms with van der Waals surface area (Å²) < 4.78 is 5.96. The summed E-state index contributed by atoms with van der Waals surface area (Å²) >= 11 is 12.6. The molecule has 2 aliphatic rings. The Morgan fingerprint density at radius 3 is 2.61 bits per heavy atom. The molecule has 0 aromatic heterocycles. The second-order valence-corrected chi connectivity index (χ2v) is 7.45. The van der Waals surface area contributed by atoms with Crippen LogP contribution in [0.3, 0.4) is 0 Å².